The van der Waals surface area contributed by atoms with Gasteiger partial charge in [0.2, 0.25) is 0 Å². The van der Waals surface area contributed by atoms with Crippen LogP contribution < -0.4 is 16.3 Å². The van der Waals surface area contributed by atoms with Gasteiger partial charge in [-0.05, 0) is 189 Å². The summed E-state index contributed by atoms with van der Waals surface area (Å²) < 4.78 is 22.1. The monoisotopic (exact) mass is 1590 g/mol. The molecule has 1 aliphatic rings. The molecule has 11 unspecified atom stereocenters. The van der Waals surface area contributed by atoms with Gasteiger partial charge in [-0.25, -0.2) is 0 Å². The molecule has 0 saturated carbocycles. The van der Waals surface area contributed by atoms with Crippen LogP contribution in [-0.4, -0.2) is 27.5 Å². The van der Waals surface area contributed by atoms with Crippen LogP contribution >= 0.6 is 160 Å². The Morgan fingerprint density at radius 3 is 1.16 bits per heavy atom. The third-order valence-electron chi connectivity index (χ3n) is 16.5. The quantitative estimate of drug-likeness (QED) is 0.0778. The van der Waals surface area contributed by atoms with E-state index in [-0.39, 0.29) is 71.1 Å². The van der Waals surface area contributed by atoms with Crippen molar-refractivity contribution in [3.05, 3.63) is 255 Å². The van der Waals surface area contributed by atoms with Gasteiger partial charge in [0.05, 0.1) is 33.3 Å². The Labute approximate surface area is 586 Å². The highest BCUT2D eigenvalue weighted by atomic mass is 79.9. The van der Waals surface area contributed by atoms with Crippen LogP contribution in [0.15, 0.2) is 245 Å². The zero-order valence-corrected chi connectivity index (χ0v) is 69.9. The van der Waals surface area contributed by atoms with Crippen molar-refractivity contribution in [3.8, 4) is 22.5 Å². The Balaban J connectivity index is 0.000000127. The molecular formula is C68H67BBrN2O4P15S2. The zero-order valence-electron chi connectivity index (χ0n) is 51.0. The van der Waals surface area contributed by atoms with Gasteiger partial charge in [-0.3, -0.25) is 9.59 Å². The number of benzene rings is 10. The number of halogens is 1. The summed E-state index contributed by atoms with van der Waals surface area (Å²) in [6.45, 7) is 9.22. The maximum atomic E-state index is 13.1. The van der Waals surface area contributed by atoms with Crippen molar-refractivity contribution in [2.75, 3.05) is 0 Å². The number of para-hydroxylation sites is 4. The van der Waals surface area contributed by atoms with Crippen molar-refractivity contribution in [1.82, 2.24) is 9.13 Å². The summed E-state index contributed by atoms with van der Waals surface area (Å²) in [5.74, 6) is 0. The van der Waals surface area contributed by atoms with E-state index in [0.717, 1.165) is 80.7 Å². The van der Waals surface area contributed by atoms with Gasteiger partial charge in [-0.15, -0.1) is 94.1 Å². The molecule has 1 fully saturated rings. The number of aromatic nitrogens is 2. The number of hydrogen-bond acceptors (Lipinski definition) is 6. The van der Waals surface area contributed by atoms with Gasteiger partial charge < -0.3 is 18.4 Å². The predicted molar refractivity (Wildman–Crippen MR) is 463 cm³/mol. The number of nitrogens with zero attached hydrogens (tertiary/aromatic N) is 2. The second kappa shape index (κ2) is 31.2. The van der Waals surface area contributed by atoms with E-state index in [2.05, 4.69) is 282 Å². The lowest BCUT2D eigenvalue weighted by Crippen LogP contribution is -2.41. The van der Waals surface area contributed by atoms with Gasteiger partial charge in [-0.2, -0.15) is 0 Å². The third-order valence-corrected chi connectivity index (χ3v) is 108. The molecule has 10 aromatic carbocycles. The molecule has 0 spiro atoms. The fourth-order valence-electron chi connectivity index (χ4n) is 11.4. The maximum Gasteiger partial charge on any atom is 0.494 e. The van der Waals surface area contributed by atoms with E-state index >= 15 is 0 Å². The van der Waals surface area contributed by atoms with E-state index in [4.69, 9.17) is 9.31 Å². The summed E-state index contributed by atoms with van der Waals surface area (Å²) in [4.78, 5) is 25.4. The standard InChI is InChI=1S/C31H19NOS.C24H24BNO2.C13H7BrOS.H17P15/c33-31-25-9-3-6-12-29(25)34-30-18-15-21(19-26(30)31)20-13-16-22(17-14-20)32-27-10-4-1-7-23(27)24-8-2-5-11-28(24)32;1-23(2)24(3,4)28-25(27-23)17-13-15-18(16-14-17)26-21-11-7-5-9-19(21)20-10-6-8-12-22(20)26;14-8-5-6-12-10(7-8)13(15)9-3-1-2-4-11(9)16-12;1-9-13(8)15(12(6)7)14(10(2)3)11(4)5/h1-19H;5-16H,1-4H3;1-7H;9H,1-8H2. The van der Waals surface area contributed by atoms with E-state index in [1.54, 1.807) is 22.7 Å². The molecule has 0 N–H and O–H groups in total. The van der Waals surface area contributed by atoms with Gasteiger partial charge in [0.15, 0.2) is 10.9 Å². The van der Waals surface area contributed by atoms with Crippen LogP contribution in [0.25, 0.3) is 106 Å². The van der Waals surface area contributed by atoms with Crippen LogP contribution in [-0.2, 0) is 9.31 Å². The average Bonchev–Trinajstić information content (AvgIpc) is 1.68. The van der Waals surface area contributed by atoms with Crippen molar-refractivity contribution >= 4 is 256 Å². The predicted octanol–water partition coefficient (Wildman–Crippen LogP) is 25.8. The summed E-state index contributed by atoms with van der Waals surface area (Å²) in [7, 11) is 25.3. The summed E-state index contributed by atoms with van der Waals surface area (Å²) in [6.07, 6.45) is 0. The molecule has 0 bridgehead atoms. The zero-order chi connectivity index (χ0) is 65.5. The number of hydrogen-bond donors (Lipinski definition) is 0. The molecule has 6 nitrogen and oxygen atoms in total. The third kappa shape index (κ3) is 15.3. The van der Waals surface area contributed by atoms with Crippen LogP contribution in [0.5, 0.6) is 0 Å². The van der Waals surface area contributed by atoms with Crippen molar-refractivity contribution in [2.45, 2.75) is 38.9 Å². The van der Waals surface area contributed by atoms with Crippen molar-refractivity contribution in [1.29, 1.82) is 0 Å². The molecule has 470 valence electrons. The van der Waals surface area contributed by atoms with E-state index in [9.17, 15) is 9.59 Å². The Kier molecular flexibility index (Phi) is 23.9. The van der Waals surface area contributed by atoms with E-state index in [0.29, 0.717) is 0 Å². The number of rotatable bonds is 10. The smallest absolute Gasteiger partial charge is 0.399 e. The first kappa shape index (κ1) is 71.3. The summed E-state index contributed by atoms with van der Waals surface area (Å²) in [5.41, 5.74) is 9.85. The average molecular weight is 1600 g/mol. The van der Waals surface area contributed by atoms with E-state index in [1.165, 1.54) is 43.6 Å². The normalized spacial score (nSPS) is 14.5. The molecule has 1 saturated heterocycles. The summed E-state index contributed by atoms with van der Waals surface area (Å²) in [5, 5.41) is 8.23. The molecule has 1 aliphatic heterocycles. The lowest BCUT2D eigenvalue weighted by Gasteiger charge is -2.38. The lowest BCUT2D eigenvalue weighted by atomic mass is 9.79. The van der Waals surface area contributed by atoms with Crippen molar-refractivity contribution < 1.29 is 9.31 Å². The highest BCUT2D eigenvalue weighted by Crippen LogP contribution is 3.22. The van der Waals surface area contributed by atoms with Gasteiger partial charge in [0.1, 0.15) is 0 Å². The van der Waals surface area contributed by atoms with Crippen LogP contribution in [0.1, 0.15) is 27.7 Å². The second-order valence-corrected chi connectivity index (χ2v) is 81.8. The van der Waals surface area contributed by atoms with Crippen molar-refractivity contribution in [2.24, 2.45) is 0 Å². The van der Waals surface area contributed by atoms with Crippen LogP contribution in [0.4, 0.5) is 0 Å². The van der Waals surface area contributed by atoms with E-state index < -0.39 is 0 Å². The second-order valence-electron chi connectivity index (χ2n) is 22.8. The van der Waals surface area contributed by atoms with Gasteiger partial charge >= 0.3 is 7.12 Å². The first-order valence-electron chi connectivity index (χ1n) is 29.3. The maximum absolute atomic E-state index is 13.1. The highest BCUT2D eigenvalue weighted by Gasteiger charge is 2.51. The van der Waals surface area contributed by atoms with Crippen LogP contribution in [0.2, 0.25) is 0 Å². The molecule has 4 aromatic heterocycles. The minimum atomic E-state index is -0.336. The molecular weight excluding hydrogens is 1530 g/mol. The molecule has 0 aliphatic carbocycles. The summed E-state index contributed by atoms with van der Waals surface area (Å²) in [6, 6.07) is 79.0. The first-order chi connectivity index (χ1) is 44.7. The molecule has 14 aromatic rings. The lowest BCUT2D eigenvalue weighted by molar-refractivity contribution is 0.00578. The Morgan fingerprint density at radius 2 is 0.753 bits per heavy atom. The van der Waals surface area contributed by atoms with Crippen LogP contribution in [0.3, 0.4) is 0 Å². The first-order valence-corrected chi connectivity index (χ1v) is 58.3. The molecule has 0 amide bonds. The van der Waals surface area contributed by atoms with Crippen molar-refractivity contribution in [3.63, 3.8) is 0 Å². The highest BCUT2D eigenvalue weighted by molar-refractivity contribution is 9.28. The molecule has 5 heterocycles. The van der Waals surface area contributed by atoms with Crippen LogP contribution in [0, 0.1) is 0 Å². The Morgan fingerprint density at radius 1 is 0.409 bits per heavy atom. The largest absolute Gasteiger partial charge is 0.494 e. The topological polar surface area (TPSA) is 62.5 Å². The molecule has 0 radical (unpaired) electrons. The minimum absolute atomic E-state index is 0.0884. The fraction of sp³-hybridized carbons (Fsp3) is 0.0882. The molecule has 25 heteroatoms. The van der Waals surface area contributed by atoms with Gasteiger partial charge in [-0.1, -0.05) is 151 Å². The Hall–Kier alpha value is -1.51. The minimum Gasteiger partial charge on any atom is -0.399 e. The van der Waals surface area contributed by atoms with Gasteiger partial charge in [0.25, 0.3) is 0 Å². The number of fused-ring (bicyclic) bond motifs is 10. The van der Waals surface area contributed by atoms with Gasteiger partial charge in [0, 0.05) is 77.7 Å². The summed E-state index contributed by atoms with van der Waals surface area (Å²) >= 11 is 6.72. The molecule has 93 heavy (non-hydrogen) atoms. The fourth-order valence-corrected chi connectivity index (χ4v) is 170. The SMILES string of the molecule is CC1(C)OB(c2ccc(-n3c4ccccc4c4ccccc43)cc2)OC1(C)C.O=c1c2ccccc2sc2ccc(-c3ccc(-n4c5ccccc5c5ccccc54)cc3)cc12.O=c1c2ccccc2sc2ccc(Br)cc12.PPP(P)P(P(P)P)P(P(P)P)P(P)P. The molecule has 15 rings (SSSR count). The molecule has 11 atom stereocenters. The Bertz CT molecular complexity index is 5060. The van der Waals surface area contributed by atoms with E-state index in [1.807, 2.05) is 72.8 Å².